The van der Waals surface area contributed by atoms with E-state index >= 15 is 0 Å². The zero-order valence-electron chi connectivity index (χ0n) is 14.4. The van der Waals surface area contributed by atoms with E-state index in [0.29, 0.717) is 21.5 Å². The van der Waals surface area contributed by atoms with Crippen LogP contribution in [0.5, 0.6) is 11.5 Å². The smallest absolute Gasteiger partial charge is 0.161 e. The molecule has 0 saturated carbocycles. The van der Waals surface area contributed by atoms with E-state index in [9.17, 15) is 0 Å². The number of rotatable bonds is 3. The molecule has 1 fully saturated rings. The molecule has 4 rings (SSSR count). The predicted molar refractivity (Wildman–Crippen MR) is 110 cm³/mol. The Labute approximate surface area is 167 Å². The highest BCUT2D eigenvalue weighted by atomic mass is 35.5. The van der Waals surface area contributed by atoms with Crippen LogP contribution in [0.1, 0.15) is 35.6 Å². The second kappa shape index (κ2) is 6.76. The minimum atomic E-state index is 0.0514. The third kappa shape index (κ3) is 2.77. The van der Waals surface area contributed by atoms with Crippen molar-refractivity contribution in [3.8, 4) is 11.5 Å². The summed E-state index contributed by atoms with van der Waals surface area (Å²) in [6, 6.07) is 9.87. The molecule has 2 aliphatic rings. The highest BCUT2D eigenvalue weighted by Gasteiger charge is 2.36. The van der Waals surface area contributed by atoms with E-state index < -0.39 is 0 Å². The number of methoxy groups -OCH3 is 2. The number of nitrogens with one attached hydrogen (secondary N) is 1. The minimum absolute atomic E-state index is 0.0514. The SMILES string of the molecule is COc1cc2c(cc1OC)C1NC(=S)CCC1=C2c1ccc(Cl)c(Cl)c1. The summed E-state index contributed by atoms with van der Waals surface area (Å²) in [5.41, 5.74) is 5.76. The quantitative estimate of drug-likeness (QED) is 0.675. The zero-order valence-corrected chi connectivity index (χ0v) is 16.7. The lowest BCUT2D eigenvalue weighted by molar-refractivity contribution is 0.354. The topological polar surface area (TPSA) is 30.5 Å². The van der Waals surface area contributed by atoms with Gasteiger partial charge in [-0.05, 0) is 58.5 Å². The Morgan fingerprint density at radius 1 is 1.00 bits per heavy atom. The van der Waals surface area contributed by atoms with Gasteiger partial charge in [0.05, 0.1) is 35.3 Å². The van der Waals surface area contributed by atoms with E-state index in [1.807, 2.05) is 30.3 Å². The molecule has 1 saturated heterocycles. The first-order valence-corrected chi connectivity index (χ1v) is 9.44. The van der Waals surface area contributed by atoms with E-state index in [4.69, 9.17) is 44.9 Å². The lowest BCUT2D eigenvalue weighted by Crippen LogP contribution is -2.31. The van der Waals surface area contributed by atoms with Crippen molar-refractivity contribution in [2.75, 3.05) is 14.2 Å². The van der Waals surface area contributed by atoms with Crippen molar-refractivity contribution in [2.24, 2.45) is 0 Å². The number of hydrogen-bond acceptors (Lipinski definition) is 3. The molecule has 2 aromatic carbocycles. The maximum Gasteiger partial charge on any atom is 0.161 e. The molecule has 2 aromatic rings. The average molecular weight is 406 g/mol. The van der Waals surface area contributed by atoms with Gasteiger partial charge >= 0.3 is 0 Å². The number of ether oxygens (including phenoxy) is 2. The van der Waals surface area contributed by atoms with Gasteiger partial charge in [0.15, 0.2) is 11.5 Å². The van der Waals surface area contributed by atoms with Gasteiger partial charge in [0.1, 0.15) is 0 Å². The summed E-state index contributed by atoms with van der Waals surface area (Å²) in [5.74, 6) is 1.41. The van der Waals surface area contributed by atoms with Gasteiger partial charge in [-0.15, -0.1) is 0 Å². The first kappa shape index (κ1) is 17.7. The molecule has 1 atom stereocenters. The maximum atomic E-state index is 6.29. The standard InChI is InChI=1S/C20H17Cl2NO2S/c1-24-16-8-12-13(9-17(16)25-2)20-11(4-6-18(26)23-20)19(12)10-3-5-14(21)15(22)7-10/h3,5,7-9,20H,4,6H2,1-2H3,(H,23,26). The molecule has 26 heavy (non-hydrogen) atoms. The van der Waals surface area contributed by atoms with Crippen LogP contribution in [0.3, 0.4) is 0 Å². The number of halogens is 2. The molecule has 1 heterocycles. The Balaban J connectivity index is 1.96. The third-order valence-electron chi connectivity index (χ3n) is 4.94. The van der Waals surface area contributed by atoms with Crippen molar-refractivity contribution < 1.29 is 9.47 Å². The molecule has 0 amide bonds. The Kier molecular flexibility index (Phi) is 4.59. The molecule has 3 nitrogen and oxygen atoms in total. The van der Waals surface area contributed by atoms with Crippen molar-refractivity contribution in [1.82, 2.24) is 5.32 Å². The summed E-state index contributed by atoms with van der Waals surface area (Å²) >= 11 is 17.8. The number of hydrogen-bond donors (Lipinski definition) is 1. The molecular weight excluding hydrogens is 389 g/mol. The molecule has 6 heteroatoms. The highest BCUT2D eigenvalue weighted by molar-refractivity contribution is 7.80. The molecule has 1 N–H and O–H groups in total. The van der Waals surface area contributed by atoms with E-state index in [0.717, 1.165) is 34.5 Å². The summed E-state index contributed by atoms with van der Waals surface area (Å²) in [7, 11) is 3.29. The Morgan fingerprint density at radius 3 is 2.42 bits per heavy atom. The molecule has 134 valence electrons. The van der Waals surface area contributed by atoms with Gasteiger partial charge in [0, 0.05) is 6.42 Å². The van der Waals surface area contributed by atoms with Crippen LogP contribution in [0, 0.1) is 0 Å². The monoisotopic (exact) mass is 405 g/mol. The van der Waals surface area contributed by atoms with Crippen LogP contribution in [0.2, 0.25) is 10.0 Å². The minimum Gasteiger partial charge on any atom is -0.493 e. The predicted octanol–water partition coefficient (Wildman–Crippen LogP) is 5.58. The molecule has 1 aliphatic heterocycles. The lowest BCUT2D eigenvalue weighted by Gasteiger charge is -2.26. The average Bonchev–Trinajstić information content (AvgIpc) is 2.95. The number of piperidine rings is 1. The van der Waals surface area contributed by atoms with Crippen molar-refractivity contribution in [3.63, 3.8) is 0 Å². The van der Waals surface area contributed by atoms with Crippen LogP contribution in [0.15, 0.2) is 35.9 Å². The number of thiocarbonyl (C=S) groups is 1. The van der Waals surface area contributed by atoms with Gasteiger partial charge in [-0.2, -0.15) is 0 Å². The van der Waals surface area contributed by atoms with E-state index in [2.05, 4.69) is 5.32 Å². The molecule has 1 aliphatic carbocycles. The van der Waals surface area contributed by atoms with Gasteiger partial charge in [0.2, 0.25) is 0 Å². The second-order valence-electron chi connectivity index (χ2n) is 6.32. The second-order valence-corrected chi connectivity index (χ2v) is 7.63. The Bertz CT molecular complexity index is 955. The fourth-order valence-corrected chi connectivity index (χ4v) is 4.28. The van der Waals surface area contributed by atoms with E-state index in [-0.39, 0.29) is 6.04 Å². The van der Waals surface area contributed by atoms with Crippen molar-refractivity contribution in [1.29, 1.82) is 0 Å². The lowest BCUT2D eigenvalue weighted by atomic mass is 9.93. The van der Waals surface area contributed by atoms with Gasteiger partial charge < -0.3 is 14.8 Å². The maximum absolute atomic E-state index is 6.29. The van der Waals surface area contributed by atoms with Crippen molar-refractivity contribution in [3.05, 3.63) is 62.6 Å². The Morgan fingerprint density at radius 2 is 1.73 bits per heavy atom. The van der Waals surface area contributed by atoms with Crippen molar-refractivity contribution >= 4 is 46.0 Å². The first-order chi connectivity index (χ1) is 12.5. The summed E-state index contributed by atoms with van der Waals surface area (Å²) in [4.78, 5) is 0.884. The van der Waals surface area contributed by atoms with Crippen LogP contribution in [0.4, 0.5) is 0 Å². The van der Waals surface area contributed by atoms with Crippen LogP contribution < -0.4 is 14.8 Å². The van der Waals surface area contributed by atoms with Crippen LogP contribution in [-0.4, -0.2) is 19.2 Å². The molecular formula is C20H17Cl2NO2S. The van der Waals surface area contributed by atoms with Gasteiger partial charge in [-0.3, -0.25) is 0 Å². The molecule has 0 bridgehead atoms. The summed E-state index contributed by atoms with van der Waals surface area (Å²) in [6.45, 7) is 0. The molecule has 0 radical (unpaired) electrons. The van der Waals surface area contributed by atoms with Crippen molar-refractivity contribution in [2.45, 2.75) is 18.9 Å². The normalized spacial score (nSPS) is 18.3. The molecule has 1 unspecified atom stereocenters. The summed E-state index contributed by atoms with van der Waals surface area (Å²) in [5, 5.41) is 4.56. The fourth-order valence-electron chi connectivity index (χ4n) is 3.76. The van der Waals surface area contributed by atoms with Crippen LogP contribution in [0.25, 0.3) is 5.57 Å². The zero-order chi connectivity index (χ0) is 18.4. The number of benzene rings is 2. The third-order valence-corrected chi connectivity index (χ3v) is 6.00. The first-order valence-electron chi connectivity index (χ1n) is 8.27. The van der Waals surface area contributed by atoms with Gasteiger partial charge in [-0.1, -0.05) is 41.5 Å². The van der Waals surface area contributed by atoms with Gasteiger partial charge in [-0.25, -0.2) is 0 Å². The number of fused-ring (bicyclic) bond motifs is 3. The summed E-state index contributed by atoms with van der Waals surface area (Å²) in [6.07, 6.45) is 1.75. The van der Waals surface area contributed by atoms with E-state index in [1.54, 1.807) is 14.2 Å². The molecule has 0 aromatic heterocycles. The van der Waals surface area contributed by atoms with Crippen LogP contribution in [-0.2, 0) is 0 Å². The van der Waals surface area contributed by atoms with E-state index in [1.165, 1.54) is 11.1 Å². The Hall–Kier alpha value is -1.75. The highest BCUT2D eigenvalue weighted by Crippen LogP contribution is 2.50. The van der Waals surface area contributed by atoms with Gasteiger partial charge in [0.25, 0.3) is 0 Å². The molecule has 0 spiro atoms. The summed E-state index contributed by atoms with van der Waals surface area (Å²) < 4.78 is 11.0. The van der Waals surface area contributed by atoms with Crippen LogP contribution >= 0.6 is 35.4 Å². The fraction of sp³-hybridized carbons (Fsp3) is 0.250. The largest absolute Gasteiger partial charge is 0.493 e.